The molecule has 0 bridgehead atoms. The third-order valence-electron chi connectivity index (χ3n) is 3.83. The molecule has 0 radical (unpaired) electrons. The molecule has 1 N–H and O–H groups in total. The van der Waals surface area contributed by atoms with Gasteiger partial charge in [0.1, 0.15) is 18.1 Å². The summed E-state index contributed by atoms with van der Waals surface area (Å²) in [5, 5.41) is 2.64. The zero-order valence-corrected chi connectivity index (χ0v) is 14.8. The van der Waals surface area contributed by atoms with E-state index in [1.54, 1.807) is 21.1 Å². The van der Waals surface area contributed by atoms with Gasteiger partial charge in [0, 0.05) is 13.5 Å². The maximum Gasteiger partial charge on any atom is 0.221 e. The van der Waals surface area contributed by atoms with Crippen LogP contribution in [0.5, 0.6) is 11.5 Å². The Morgan fingerprint density at radius 1 is 1.08 bits per heavy atom. The Balaban J connectivity index is 1.99. The summed E-state index contributed by atoms with van der Waals surface area (Å²) in [5.74, 6) is 7.46. The molecule has 0 aliphatic rings. The Morgan fingerprint density at radius 3 is 2.28 bits per heavy atom. The van der Waals surface area contributed by atoms with Crippen LogP contribution in [0, 0.1) is 11.8 Å². The Kier molecular flexibility index (Phi) is 6.91. The SMILES string of the molecule is CC#CC(CC(=O)NC)c1ccc(OCc2ccc(OC)cc2)cc1. The van der Waals surface area contributed by atoms with E-state index in [1.165, 1.54) is 0 Å². The highest BCUT2D eigenvalue weighted by atomic mass is 16.5. The molecule has 130 valence electrons. The quantitative estimate of drug-likeness (QED) is 0.787. The van der Waals surface area contributed by atoms with Gasteiger partial charge in [0.05, 0.1) is 13.0 Å². The molecule has 0 saturated heterocycles. The summed E-state index contributed by atoms with van der Waals surface area (Å²) in [4.78, 5) is 11.6. The molecule has 1 unspecified atom stereocenters. The molecule has 1 atom stereocenters. The minimum atomic E-state index is -0.111. The highest BCUT2D eigenvalue weighted by Crippen LogP contribution is 2.23. The molecule has 0 aliphatic heterocycles. The highest BCUT2D eigenvalue weighted by molar-refractivity contribution is 5.77. The second kappa shape index (κ2) is 9.39. The van der Waals surface area contributed by atoms with E-state index in [-0.39, 0.29) is 11.8 Å². The minimum absolute atomic E-state index is 0.0208. The molecular formula is C21H23NO3. The fourth-order valence-electron chi connectivity index (χ4n) is 2.40. The molecular weight excluding hydrogens is 314 g/mol. The number of methoxy groups -OCH3 is 1. The molecule has 0 heterocycles. The average Bonchev–Trinajstić information content (AvgIpc) is 2.66. The molecule has 0 aromatic heterocycles. The predicted molar refractivity (Wildman–Crippen MR) is 98.6 cm³/mol. The van der Waals surface area contributed by atoms with Gasteiger partial charge in [0.2, 0.25) is 5.91 Å². The number of nitrogens with one attached hydrogen (secondary N) is 1. The number of hydrogen-bond acceptors (Lipinski definition) is 3. The van der Waals surface area contributed by atoms with E-state index in [9.17, 15) is 4.79 Å². The van der Waals surface area contributed by atoms with Crippen LogP contribution >= 0.6 is 0 Å². The predicted octanol–water partition coefficient (Wildman–Crippen LogP) is 3.52. The first-order valence-electron chi connectivity index (χ1n) is 8.14. The van der Waals surface area contributed by atoms with Crippen molar-refractivity contribution in [3.63, 3.8) is 0 Å². The summed E-state index contributed by atoms with van der Waals surface area (Å²) >= 11 is 0. The van der Waals surface area contributed by atoms with Gasteiger partial charge < -0.3 is 14.8 Å². The lowest BCUT2D eigenvalue weighted by Crippen LogP contribution is -2.20. The van der Waals surface area contributed by atoms with Crippen molar-refractivity contribution in [1.82, 2.24) is 5.32 Å². The molecule has 4 nitrogen and oxygen atoms in total. The summed E-state index contributed by atoms with van der Waals surface area (Å²) in [6, 6.07) is 15.5. The van der Waals surface area contributed by atoms with E-state index in [0.717, 1.165) is 22.6 Å². The van der Waals surface area contributed by atoms with Crippen LogP contribution in [0.2, 0.25) is 0 Å². The van der Waals surface area contributed by atoms with Gasteiger partial charge in [0.15, 0.2) is 0 Å². The molecule has 0 fully saturated rings. The van der Waals surface area contributed by atoms with Gasteiger partial charge in [-0.25, -0.2) is 0 Å². The van der Waals surface area contributed by atoms with E-state index >= 15 is 0 Å². The van der Waals surface area contributed by atoms with Crippen LogP contribution < -0.4 is 14.8 Å². The van der Waals surface area contributed by atoms with Crippen LogP contribution in [0.25, 0.3) is 0 Å². The molecule has 0 spiro atoms. The van der Waals surface area contributed by atoms with Gasteiger partial charge in [-0.15, -0.1) is 5.92 Å². The van der Waals surface area contributed by atoms with Crippen molar-refractivity contribution in [3.05, 3.63) is 59.7 Å². The largest absolute Gasteiger partial charge is 0.497 e. The summed E-state index contributed by atoms with van der Waals surface area (Å²) in [7, 11) is 3.28. The maximum absolute atomic E-state index is 11.6. The zero-order valence-electron chi connectivity index (χ0n) is 14.8. The van der Waals surface area contributed by atoms with E-state index in [2.05, 4.69) is 17.2 Å². The third-order valence-corrected chi connectivity index (χ3v) is 3.83. The van der Waals surface area contributed by atoms with Gasteiger partial charge in [-0.1, -0.05) is 30.2 Å². The third kappa shape index (κ3) is 5.58. The first kappa shape index (κ1) is 18.4. The lowest BCUT2D eigenvalue weighted by molar-refractivity contribution is -0.120. The van der Waals surface area contributed by atoms with Crippen LogP contribution in [0.15, 0.2) is 48.5 Å². The lowest BCUT2D eigenvalue weighted by atomic mass is 9.96. The van der Waals surface area contributed by atoms with Crippen molar-refractivity contribution in [1.29, 1.82) is 0 Å². The number of carbonyl (C=O) groups is 1. The van der Waals surface area contributed by atoms with Crippen molar-refractivity contribution in [2.45, 2.75) is 25.9 Å². The Morgan fingerprint density at radius 2 is 1.72 bits per heavy atom. The van der Waals surface area contributed by atoms with Crippen molar-refractivity contribution in [2.24, 2.45) is 0 Å². The second-order valence-corrected chi connectivity index (χ2v) is 5.53. The molecule has 2 aromatic rings. The van der Waals surface area contributed by atoms with Crippen LogP contribution in [0.4, 0.5) is 0 Å². The number of ether oxygens (including phenoxy) is 2. The number of hydrogen-bond donors (Lipinski definition) is 1. The molecule has 4 heteroatoms. The normalized spacial score (nSPS) is 11.0. The summed E-state index contributed by atoms with van der Waals surface area (Å²) in [5.41, 5.74) is 2.08. The monoisotopic (exact) mass is 337 g/mol. The molecule has 2 rings (SSSR count). The zero-order chi connectivity index (χ0) is 18.1. The lowest BCUT2D eigenvalue weighted by Gasteiger charge is -2.12. The van der Waals surface area contributed by atoms with Gasteiger partial charge >= 0.3 is 0 Å². The number of benzene rings is 2. The van der Waals surface area contributed by atoms with Crippen molar-refractivity contribution >= 4 is 5.91 Å². The van der Waals surface area contributed by atoms with Crippen LogP contribution in [0.3, 0.4) is 0 Å². The number of rotatable bonds is 7. The van der Waals surface area contributed by atoms with Crippen molar-refractivity contribution in [3.8, 4) is 23.3 Å². The maximum atomic E-state index is 11.6. The Bertz CT molecular complexity index is 739. The van der Waals surface area contributed by atoms with Gasteiger partial charge in [0.25, 0.3) is 0 Å². The Labute approximate surface area is 149 Å². The van der Waals surface area contributed by atoms with Crippen molar-refractivity contribution in [2.75, 3.05) is 14.2 Å². The minimum Gasteiger partial charge on any atom is -0.497 e. The highest BCUT2D eigenvalue weighted by Gasteiger charge is 2.13. The number of amides is 1. The van der Waals surface area contributed by atoms with E-state index in [4.69, 9.17) is 9.47 Å². The topological polar surface area (TPSA) is 47.6 Å². The van der Waals surface area contributed by atoms with Gasteiger partial charge in [-0.3, -0.25) is 4.79 Å². The fourth-order valence-corrected chi connectivity index (χ4v) is 2.40. The number of carbonyl (C=O) groups excluding carboxylic acids is 1. The molecule has 1 amide bonds. The van der Waals surface area contributed by atoms with E-state index in [0.29, 0.717) is 13.0 Å². The molecule has 0 saturated carbocycles. The first-order chi connectivity index (χ1) is 12.2. The molecule has 2 aromatic carbocycles. The van der Waals surface area contributed by atoms with Crippen LogP contribution in [0.1, 0.15) is 30.4 Å². The smallest absolute Gasteiger partial charge is 0.221 e. The molecule has 0 aliphatic carbocycles. The van der Waals surface area contributed by atoms with Crippen LogP contribution in [-0.4, -0.2) is 20.1 Å². The fraction of sp³-hybridized carbons (Fsp3) is 0.286. The van der Waals surface area contributed by atoms with Crippen LogP contribution in [-0.2, 0) is 11.4 Å². The van der Waals surface area contributed by atoms with Gasteiger partial charge in [-0.2, -0.15) is 0 Å². The van der Waals surface area contributed by atoms with E-state index in [1.807, 2.05) is 48.5 Å². The van der Waals surface area contributed by atoms with E-state index < -0.39 is 0 Å². The standard InChI is InChI=1S/C21H23NO3/c1-4-5-18(14-21(23)22-2)17-8-12-20(13-9-17)25-15-16-6-10-19(24-3)11-7-16/h6-13,18H,14-15H2,1-3H3,(H,22,23). The summed E-state index contributed by atoms with van der Waals surface area (Å²) in [6.45, 7) is 2.27. The average molecular weight is 337 g/mol. The summed E-state index contributed by atoms with van der Waals surface area (Å²) in [6.07, 6.45) is 0.351. The Hall–Kier alpha value is -2.93. The first-order valence-corrected chi connectivity index (χ1v) is 8.14. The van der Waals surface area contributed by atoms with Gasteiger partial charge in [-0.05, 0) is 42.3 Å². The summed E-state index contributed by atoms with van der Waals surface area (Å²) < 4.78 is 10.9. The second-order valence-electron chi connectivity index (χ2n) is 5.53. The van der Waals surface area contributed by atoms with Crippen molar-refractivity contribution < 1.29 is 14.3 Å². The molecule has 25 heavy (non-hydrogen) atoms.